The van der Waals surface area contributed by atoms with Gasteiger partial charge in [0.25, 0.3) is 5.91 Å². The van der Waals surface area contributed by atoms with Crippen LogP contribution in [0.4, 0.5) is 0 Å². The molecule has 7 heteroatoms. The highest BCUT2D eigenvalue weighted by Crippen LogP contribution is 2.38. The molecular weight excluding hydrogens is 382 g/mol. The number of pyridine rings is 1. The van der Waals surface area contributed by atoms with E-state index in [1.165, 1.54) is 11.3 Å². The molecule has 0 aromatic carbocycles. The van der Waals surface area contributed by atoms with Gasteiger partial charge >= 0.3 is 0 Å². The summed E-state index contributed by atoms with van der Waals surface area (Å²) in [6, 6.07) is 3.89. The van der Waals surface area contributed by atoms with E-state index < -0.39 is 0 Å². The fourth-order valence-electron chi connectivity index (χ4n) is 3.94. The molecule has 3 aromatic heterocycles. The first-order valence-corrected chi connectivity index (χ1v) is 10.9. The zero-order valence-corrected chi connectivity index (χ0v) is 17.9. The number of nitrogens with zero attached hydrogens (tertiary/aromatic N) is 5. The van der Waals surface area contributed by atoms with Gasteiger partial charge in [-0.05, 0) is 50.8 Å². The number of amides is 1. The van der Waals surface area contributed by atoms with E-state index in [0.29, 0.717) is 0 Å². The summed E-state index contributed by atoms with van der Waals surface area (Å²) in [5.74, 6) is 0.899. The lowest BCUT2D eigenvalue weighted by atomic mass is 10.00. The van der Waals surface area contributed by atoms with Gasteiger partial charge < -0.3 is 4.90 Å². The molecule has 0 unspecified atom stereocenters. The topological polar surface area (TPSA) is 71.9 Å². The van der Waals surface area contributed by atoms with Crippen LogP contribution in [0.1, 0.15) is 64.1 Å². The van der Waals surface area contributed by atoms with Crippen LogP contribution in [0.15, 0.2) is 30.7 Å². The largest absolute Gasteiger partial charge is 0.329 e. The van der Waals surface area contributed by atoms with Crippen molar-refractivity contribution in [2.75, 3.05) is 6.54 Å². The van der Waals surface area contributed by atoms with E-state index in [1.54, 1.807) is 12.4 Å². The lowest BCUT2D eigenvalue weighted by Crippen LogP contribution is -2.31. The molecule has 0 radical (unpaired) electrons. The van der Waals surface area contributed by atoms with E-state index in [4.69, 9.17) is 4.98 Å². The fourth-order valence-corrected chi connectivity index (χ4v) is 4.82. The minimum Gasteiger partial charge on any atom is -0.329 e. The van der Waals surface area contributed by atoms with Crippen molar-refractivity contribution >= 4 is 17.2 Å². The van der Waals surface area contributed by atoms with Crippen molar-refractivity contribution in [1.82, 2.24) is 24.8 Å². The number of carbonyl (C=O) groups excluding carboxylic acids is 1. The summed E-state index contributed by atoms with van der Waals surface area (Å²) in [4.78, 5) is 34.2. The van der Waals surface area contributed by atoms with Crippen LogP contribution in [-0.4, -0.2) is 37.3 Å². The van der Waals surface area contributed by atoms with Crippen molar-refractivity contribution in [1.29, 1.82) is 0 Å². The second-order valence-corrected chi connectivity index (χ2v) is 8.58. The average molecular weight is 408 g/mol. The molecule has 1 atom stereocenters. The predicted molar refractivity (Wildman–Crippen MR) is 114 cm³/mol. The van der Waals surface area contributed by atoms with E-state index in [2.05, 4.69) is 21.9 Å². The van der Waals surface area contributed by atoms with Crippen molar-refractivity contribution in [3.8, 4) is 11.1 Å². The molecule has 1 saturated heterocycles. The van der Waals surface area contributed by atoms with E-state index in [0.717, 1.165) is 70.5 Å². The number of carbonyl (C=O) groups is 1. The van der Waals surface area contributed by atoms with Gasteiger partial charge in [0.2, 0.25) is 0 Å². The standard InChI is InChI=1S/C22H25N5OS/c1-4-6-19-24-13-17(16-8-10-23-11-9-16)20(26-19)18-7-5-12-27(18)22(28)21-14(2)25-15(3)29-21/h8-11,13,18H,4-7,12H2,1-3H3/t18-/m1/s1. The maximum Gasteiger partial charge on any atom is 0.266 e. The number of aromatic nitrogens is 4. The number of rotatable bonds is 5. The molecule has 1 aliphatic rings. The van der Waals surface area contributed by atoms with Crippen LogP contribution in [0, 0.1) is 13.8 Å². The summed E-state index contributed by atoms with van der Waals surface area (Å²) in [5.41, 5.74) is 3.77. The van der Waals surface area contributed by atoms with Gasteiger partial charge in [0.15, 0.2) is 0 Å². The third-order valence-electron chi connectivity index (χ3n) is 5.26. The zero-order chi connectivity index (χ0) is 20.4. The van der Waals surface area contributed by atoms with Crippen molar-refractivity contribution in [3.05, 3.63) is 57.8 Å². The van der Waals surface area contributed by atoms with Gasteiger partial charge in [-0.3, -0.25) is 9.78 Å². The van der Waals surface area contributed by atoms with Gasteiger partial charge in [-0.25, -0.2) is 15.0 Å². The van der Waals surface area contributed by atoms with Crippen LogP contribution in [0.5, 0.6) is 0 Å². The Morgan fingerprint density at radius 3 is 2.72 bits per heavy atom. The Morgan fingerprint density at radius 2 is 2.03 bits per heavy atom. The maximum absolute atomic E-state index is 13.4. The SMILES string of the molecule is CCCc1ncc(-c2ccncc2)c([C@H]2CCCN2C(=O)c2sc(C)nc2C)n1. The van der Waals surface area contributed by atoms with Gasteiger partial charge in [0, 0.05) is 37.1 Å². The first-order valence-electron chi connectivity index (χ1n) is 10.1. The maximum atomic E-state index is 13.4. The number of aryl methyl sites for hydroxylation is 3. The van der Waals surface area contributed by atoms with Crippen LogP contribution >= 0.6 is 11.3 Å². The molecule has 0 spiro atoms. The molecule has 0 bridgehead atoms. The van der Waals surface area contributed by atoms with Gasteiger partial charge in [-0.1, -0.05) is 6.92 Å². The lowest BCUT2D eigenvalue weighted by molar-refractivity contribution is 0.0737. The Hall–Kier alpha value is -2.67. The summed E-state index contributed by atoms with van der Waals surface area (Å²) in [7, 11) is 0. The zero-order valence-electron chi connectivity index (χ0n) is 17.1. The Labute approximate surface area is 175 Å². The summed E-state index contributed by atoms with van der Waals surface area (Å²) in [6.07, 6.45) is 9.16. The highest BCUT2D eigenvalue weighted by Gasteiger charge is 2.35. The molecule has 4 heterocycles. The van der Waals surface area contributed by atoms with Crippen molar-refractivity contribution in [2.24, 2.45) is 0 Å². The van der Waals surface area contributed by atoms with Crippen LogP contribution in [-0.2, 0) is 6.42 Å². The summed E-state index contributed by atoms with van der Waals surface area (Å²) in [5, 5.41) is 0.923. The molecule has 6 nitrogen and oxygen atoms in total. The smallest absolute Gasteiger partial charge is 0.266 e. The molecule has 1 aliphatic heterocycles. The highest BCUT2D eigenvalue weighted by molar-refractivity contribution is 7.13. The molecule has 3 aromatic rings. The number of hydrogen-bond acceptors (Lipinski definition) is 6. The molecule has 29 heavy (non-hydrogen) atoms. The number of thiazole rings is 1. The molecular formula is C22H25N5OS. The Kier molecular flexibility index (Phi) is 5.67. The van der Waals surface area contributed by atoms with Crippen LogP contribution < -0.4 is 0 Å². The third kappa shape index (κ3) is 3.92. The quantitative estimate of drug-likeness (QED) is 0.621. The molecule has 0 aliphatic carbocycles. The first kappa shape index (κ1) is 19.6. The average Bonchev–Trinajstić information content (AvgIpc) is 3.34. The molecule has 4 rings (SSSR count). The first-order chi connectivity index (χ1) is 14.1. The summed E-state index contributed by atoms with van der Waals surface area (Å²) < 4.78 is 0. The second kappa shape index (κ2) is 8.37. The molecule has 0 saturated carbocycles. The monoisotopic (exact) mass is 407 g/mol. The third-order valence-corrected chi connectivity index (χ3v) is 6.32. The summed E-state index contributed by atoms with van der Waals surface area (Å²) in [6.45, 7) is 6.72. The second-order valence-electron chi connectivity index (χ2n) is 7.38. The Bertz CT molecular complexity index is 1020. The van der Waals surface area contributed by atoms with Gasteiger partial charge in [0.05, 0.1) is 22.4 Å². The van der Waals surface area contributed by atoms with Gasteiger partial charge in [-0.2, -0.15) is 0 Å². The van der Waals surface area contributed by atoms with Crippen molar-refractivity contribution < 1.29 is 4.79 Å². The molecule has 0 N–H and O–H groups in total. The number of hydrogen-bond donors (Lipinski definition) is 0. The van der Waals surface area contributed by atoms with E-state index in [9.17, 15) is 4.79 Å². The normalized spacial score (nSPS) is 16.4. The van der Waals surface area contributed by atoms with Gasteiger partial charge in [0.1, 0.15) is 10.7 Å². The van der Waals surface area contributed by atoms with E-state index in [-0.39, 0.29) is 11.9 Å². The Morgan fingerprint density at radius 1 is 1.24 bits per heavy atom. The van der Waals surface area contributed by atoms with E-state index in [1.807, 2.05) is 37.1 Å². The highest BCUT2D eigenvalue weighted by atomic mass is 32.1. The number of likely N-dealkylation sites (tertiary alicyclic amines) is 1. The lowest BCUT2D eigenvalue weighted by Gasteiger charge is -2.26. The van der Waals surface area contributed by atoms with Gasteiger partial charge in [-0.15, -0.1) is 11.3 Å². The molecule has 1 amide bonds. The Balaban J connectivity index is 1.76. The molecule has 150 valence electrons. The van der Waals surface area contributed by atoms with E-state index >= 15 is 0 Å². The minimum atomic E-state index is -0.0499. The predicted octanol–water partition coefficient (Wildman–Crippen LogP) is 4.54. The van der Waals surface area contributed by atoms with Crippen LogP contribution in [0.2, 0.25) is 0 Å². The van der Waals surface area contributed by atoms with Crippen LogP contribution in [0.3, 0.4) is 0 Å². The summed E-state index contributed by atoms with van der Waals surface area (Å²) >= 11 is 1.48. The van der Waals surface area contributed by atoms with Crippen LogP contribution in [0.25, 0.3) is 11.1 Å². The minimum absolute atomic E-state index is 0.0499. The fraction of sp³-hybridized carbons (Fsp3) is 0.409. The van der Waals surface area contributed by atoms with Crippen molar-refractivity contribution in [3.63, 3.8) is 0 Å². The van der Waals surface area contributed by atoms with Crippen molar-refractivity contribution in [2.45, 2.75) is 52.5 Å². The molecule has 1 fully saturated rings.